The number of phenolic OH excluding ortho intramolecular Hbond substituents is 1. The van der Waals surface area contributed by atoms with Gasteiger partial charge >= 0.3 is 5.97 Å². The monoisotopic (exact) mass is 418 g/mol. The molecule has 6 atom stereocenters. The second-order valence-electron chi connectivity index (χ2n) is 7.30. The normalized spacial score (nSPS) is 30.6. The van der Waals surface area contributed by atoms with Gasteiger partial charge in [-0.15, -0.1) is 0 Å². The minimum atomic E-state index is -1.52. The van der Waals surface area contributed by atoms with Crippen LogP contribution >= 0.6 is 0 Å². The van der Waals surface area contributed by atoms with Gasteiger partial charge in [-0.25, -0.2) is 4.79 Å². The van der Waals surface area contributed by atoms with Gasteiger partial charge in [0.2, 0.25) is 6.29 Å². The molecular formula is C21H22O9. The summed E-state index contributed by atoms with van der Waals surface area (Å²) in [5.41, 5.74) is 1.65. The number of esters is 1. The lowest BCUT2D eigenvalue weighted by Crippen LogP contribution is -2.60. The molecule has 2 aliphatic rings. The lowest BCUT2D eigenvalue weighted by molar-refractivity contribution is -0.277. The first-order valence-electron chi connectivity index (χ1n) is 9.48. The van der Waals surface area contributed by atoms with Gasteiger partial charge in [-0.2, -0.15) is 0 Å². The SMILES string of the molecule is O=C1OC(Cc2ccc(OC3OC(CO)C(O)C(O)C3O)cc2)c2cccc(O)c21. The summed E-state index contributed by atoms with van der Waals surface area (Å²) in [4.78, 5) is 12.0. The van der Waals surface area contributed by atoms with Crippen molar-refractivity contribution in [3.8, 4) is 11.5 Å². The average Bonchev–Trinajstić information content (AvgIpc) is 3.06. The highest BCUT2D eigenvalue weighted by Crippen LogP contribution is 2.37. The van der Waals surface area contributed by atoms with Crippen LogP contribution in [0.15, 0.2) is 42.5 Å². The zero-order valence-electron chi connectivity index (χ0n) is 15.8. The third-order valence-electron chi connectivity index (χ3n) is 5.32. The predicted octanol–water partition coefficient (Wildman–Crippen LogP) is 0.0251. The summed E-state index contributed by atoms with van der Waals surface area (Å²) in [6.45, 7) is -0.541. The summed E-state index contributed by atoms with van der Waals surface area (Å²) < 4.78 is 16.3. The molecule has 160 valence electrons. The predicted molar refractivity (Wildman–Crippen MR) is 101 cm³/mol. The van der Waals surface area contributed by atoms with E-state index >= 15 is 0 Å². The van der Waals surface area contributed by atoms with Gasteiger partial charge in [-0.05, 0) is 23.8 Å². The molecule has 30 heavy (non-hydrogen) atoms. The molecule has 2 aromatic carbocycles. The second-order valence-corrected chi connectivity index (χ2v) is 7.30. The molecule has 0 aromatic heterocycles. The lowest BCUT2D eigenvalue weighted by atomic mass is 9.98. The van der Waals surface area contributed by atoms with Crippen LogP contribution in [0.3, 0.4) is 0 Å². The van der Waals surface area contributed by atoms with Crippen molar-refractivity contribution in [3.63, 3.8) is 0 Å². The topological polar surface area (TPSA) is 146 Å². The first kappa shape index (κ1) is 20.6. The Balaban J connectivity index is 1.43. The molecule has 2 heterocycles. The minimum absolute atomic E-state index is 0.108. The molecule has 0 amide bonds. The molecule has 2 aromatic rings. The number of benzene rings is 2. The lowest BCUT2D eigenvalue weighted by Gasteiger charge is -2.39. The van der Waals surface area contributed by atoms with Crippen molar-refractivity contribution in [1.29, 1.82) is 0 Å². The van der Waals surface area contributed by atoms with Crippen molar-refractivity contribution in [3.05, 3.63) is 59.2 Å². The van der Waals surface area contributed by atoms with Crippen molar-refractivity contribution in [2.24, 2.45) is 0 Å². The zero-order valence-corrected chi connectivity index (χ0v) is 15.8. The van der Waals surface area contributed by atoms with Crippen molar-refractivity contribution >= 4 is 5.97 Å². The number of hydrogen-bond acceptors (Lipinski definition) is 9. The van der Waals surface area contributed by atoms with E-state index < -0.39 is 49.4 Å². The maximum absolute atomic E-state index is 12.0. The van der Waals surface area contributed by atoms with E-state index in [0.717, 1.165) is 5.56 Å². The zero-order chi connectivity index (χ0) is 21.4. The quantitative estimate of drug-likeness (QED) is 0.424. The number of carbonyl (C=O) groups is 1. The largest absolute Gasteiger partial charge is 0.507 e. The van der Waals surface area contributed by atoms with E-state index in [1.807, 2.05) is 0 Å². The number of hydrogen-bond donors (Lipinski definition) is 5. The van der Waals surface area contributed by atoms with Crippen LogP contribution in [0.4, 0.5) is 0 Å². The van der Waals surface area contributed by atoms with Gasteiger partial charge in [0.25, 0.3) is 0 Å². The van der Waals surface area contributed by atoms with Crippen LogP contribution in [0, 0.1) is 0 Å². The Hall–Kier alpha value is -2.69. The van der Waals surface area contributed by atoms with Gasteiger partial charge in [0, 0.05) is 12.0 Å². The Labute approximate surface area is 171 Å². The number of aromatic hydroxyl groups is 1. The number of cyclic esters (lactones) is 1. The van der Waals surface area contributed by atoms with Crippen LogP contribution in [0.1, 0.15) is 27.6 Å². The molecule has 0 spiro atoms. The molecule has 6 unspecified atom stereocenters. The Morgan fingerprint density at radius 1 is 0.967 bits per heavy atom. The van der Waals surface area contributed by atoms with Crippen LogP contribution in [0.25, 0.3) is 0 Å². The van der Waals surface area contributed by atoms with E-state index in [4.69, 9.17) is 14.2 Å². The summed E-state index contributed by atoms with van der Waals surface area (Å²) in [5.74, 6) is -0.330. The molecule has 1 fully saturated rings. The number of fused-ring (bicyclic) bond motifs is 1. The first-order valence-corrected chi connectivity index (χ1v) is 9.48. The summed E-state index contributed by atoms with van der Waals surface area (Å²) >= 11 is 0. The highest BCUT2D eigenvalue weighted by molar-refractivity contribution is 5.96. The fourth-order valence-electron chi connectivity index (χ4n) is 3.67. The number of ether oxygens (including phenoxy) is 3. The number of carbonyl (C=O) groups excluding carboxylic acids is 1. The van der Waals surface area contributed by atoms with E-state index in [2.05, 4.69) is 0 Å². The molecule has 0 bridgehead atoms. The van der Waals surface area contributed by atoms with E-state index in [-0.39, 0.29) is 11.3 Å². The van der Waals surface area contributed by atoms with E-state index in [1.54, 1.807) is 36.4 Å². The highest BCUT2D eigenvalue weighted by Gasteiger charge is 2.44. The second kappa shape index (κ2) is 8.21. The maximum atomic E-state index is 12.0. The van der Waals surface area contributed by atoms with E-state index in [0.29, 0.717) is 17.7 Å². The van der Waals surface area contributed by atoms with Crippen LogP contribution < -0.4 is 4.74 Å². The first-order chi connectivity index (χ1) is 14.4. The Morgan fingerprint density at radius 3 is 2.40 bits per heavy atom. The molecule has 0 radical (unpaired) electrons. The van der Waals surface area contributed by atoms with Crippen molar-refractivity contribution in [1.82, 2.24) is 0 Å². The Bertz CT molecular complexity index is 911. The van der Waals surface area contributed by atoms with Crippen LogP contribution in [0.2, 0.25) is 0 Å². The standard InChI is InChI=1S/C21H22O9/c22-9-15-17(24)18(25)19(26)21(30-15)28-11-6-4-10(5-7-11)8-14-12-2-1-3-13(23)16(12)20(27)29-14/h1-7,14-15,17-19,21-26H,8-9H2. The van der Waals surface area contributed by atoms with Crippen LogP contribution in [0.5, 0.6) is 11.5 Å². The fourth-order valence-corrected chi connectivity index (χ4v) is 3.67. The van der Waals surface area contributed by atoms with Gasteiger partial charge < -0.3 is 39.7 Å². The van der Waals surface area contributed by atoms with Gasteiger partial charge in [-0.1, -0.05) is 24.3 Å². The summed E-state index contributed by atoms with van der Waals surface area (Å²) in [7, 11) is 0. The van der Waals surface area contributed by atoms with Crippen LogP contribution in [-0.4, -0.2) is 68.8 Å². The molecule has 5 N–H and O–H groups in total. The van der Waals surface area contributed by atoms with Crippen molar-refractivity contribution in [2.75, 3.05) is 6.61 Å². The van der Waals surface area contributed by atoms with Crippen molar-refractivity contribution < 1.29 is 44.5 Å². The minimum Gasteiger partial charge on any atom is -0.507 e. The van der Waals surface area contributed by atoms with Gasteiger partial charge in [0.15, 0.2) is 0 Å². The summed E-state index contributed by atoms with van der Waals surface area (Å²) in [5, 5.41) is 48.8. The molecule has 4 rings (SSSR count). The van der Waals surface area contributed by atoms with Crippen LogP contribution in [-0.2, 0) is 15.9 Å². The van der Waals surface area contributed by atoms with Crippen molar-refractivity contribution in [2.45, 2.75) is 43.2 Å². The summed E-state index contributed by atoms with van der Waals surface area (Å²) in [6.07, 6.45) is -6.92. The third kappa shape index (κ3) is 3.73. The number of aliphatic hydroxyl groups is 4. The van der Waals surface area contributed by atoms with Gasteiger partial charge in [-0.3, -0.25) is 0 Å². The molecule has 2 aliphatic heterocycles. The smallest absolute Gasteiger partial charge is 0.342 e. The summed E-state index contributed by atoms with van der Waals surface area (Å²) in [6, 6.07) is 11.6. The molecule has 1 saturated heterocycles. The molecule has 0 aliphatic carbocycles. The fraction of sp³-hybridized carbons (Fsp3) is 0.381. The number of phenols is 1. The molecule has 9 heteroatoms. The Morgan fingerprint density at radius 2 is 1.70 bits per heavy atom. The molecule has 0 saturated carbocycles. The van der Waals surface area contributed by atoms with Gasteiger partial charge in [0.1, 0.15) is 47.6 Å². The maximum Gasteiger partial charge on any atom is 0.342 e. The highest BCUT2D eigenvalue weighted by atomic mass is 16.7. The molecule has 9 nitrogen and oxygen atoms in total. The molecular weight excluding hydrogens is 396 g/mol. The third-order valence-corrected chi connectivity index (χ3v) is 5.32. The van der Waals surface area contributed by atoms with Gasteiger partial charge in [0.05, 0.1) is 6.61 Å². The average molecular weight is 418 g/mol. The number of aliphatic hydroxyl groups excluding tert-OH is 4. The Kier molecular flexibility index (Phi) is 5.63. The van der Waals surface area contributed by atoms with E-state index in [9.17, 15) is 30.3 Å². The number of rotatable bonds is 5. The van der Waals surface area contributed by atoms with E-state index in [1.165, 1.54) is 6.07 Å².